The molecule has 0 spiro atoms. The molecule has 26 heavy (non-hydrogen) atoms. The molecule has 1 fully saturated rings. The quantitative estimate of drug-likeness (QED) is 0.918. The van der Waals surface area contributed by atoms with Crippen molar-refractivity contribution in [1.29, 1.82) is 0 Å². The first kappa shape index (κ1) is 18.6. The van der Waals surface area contributed by atoms with Gasteiger partial charge in [-0.3, -0.25) is 4.79 Å². The van der Waals surface area contributed by atoms with Crippen molar-refractivity contribution in [1.82, 2.24) is 19.7 Å². The summed E-state index contributed by atoms with van der Waals surface area (Å²) in [5.41, 5.74) is 8.25. The Balaban J connectivity index is 1.91. The number of benzene rings is 1. The Morgan fingerprint density at radius 1 is 1.31 bits per heavy atom. The number of para-hydroxylation sites is 1. The van der Waals surface area contributed by atoms with E-state index in [0.717, 1.165) is 17.9 Å². The highest BCUT2D eigenvalue weighted by Crippen LogP contribution is 2.28. The van der Waals surface area contributed by atoms with E-state index in [1.807, 2.05) is 30.0 Å². The van der Waals surface area contributed by atoms with Gasteiger partial charge >= 0.3 is 0 Å². The lowest BCUT2D eigenvalue weighted by Crippen LogP contribution is -2.54. The van der Waals surface area contributed by atoms with E-state index >= 15 is 0 Å². The minimum atomic E-state index is -0.117. The number of carbonyl (C=O) groups is 1. The van der Waals surface area contributed by atoms with E-state index in [-0.39, 0.29) is 23.2 Å². The van der Waals surface area contributed by atoms with Crippen molar-refractivity contribution in [2.75, 3.05) is 13.1 Å². The first-order valence-corrected chi connectivity index (χ1v) is 9.28. The van der Waals surface area contributed by atoms with E-state index in [1.54, 1.807) is 4.68 Å². The SMILES string of the molecule is Cc1nc(C(=O)N2CCC(N)C(C)(C)C2)nn1-c1ccccc1C(C)C. The van der Waals surface area contributed by atoms with Crippen LogP contribution in [0.2, 0.25) is 0 Å². The molecule has 2 heterocycles. The van der Waals surface area contributed by atoms with E-state index in [4.69, 9.17) is 5.73 Å². The topological polar surface area (TPSA) is 77.0 Å². The van der Waals surface area contributed by atoms with Crippen LogP contribution in [0.1, 0.15) is 62.0 Å². The molecule has 1 aromatic carbocycles. The fourth-order valence-electron chi connectivity index (χ4n) is 3.57. The van der Waals surface area contributed by atoms with Crippen LogP contribution >= 0.6 is 0 Å². The zero-order chi connectivity index (χ0) is 19.1. The molecule has 2 N–H and O–H groups in total. The summed E-state index contributed by atoms with van der Waals surface area (Å²) in [7, 11) is 0. The molecule has 3 rings (SSSR count). The number of amides is 1. The summed E-state index contributed by atoms with van der Waals surface area (Å²) < 4.78 is 1.78. The summed E-state index contributed by atoms with van der Waals surface area (Å²) in [6.07, 6.45) is 0.800. The van der Waals surface area contributed by atoms with Gasteiger partial charge in [-0.25, -0.2) is 9.67 Å². The van der Waals surface area contributed by atoms with Crippen LogP contribution in [-0.2, 0) is 0 Å². The molecular weight excluding hydrogens is 326 g/mol. The Morgan fingerprint density at radius 3 is 2.65 bits per heavy atom. The molecule has 1 aliphatic heterocycles. The third-order valence-corrected chi connectivity index (χ3v) is 5.35. The molecule has 0 aliphatic carbocycles. The number of carbonyl (C=O) groups excluding carboxylic acids is 1. The van der Waals surface area contributed by atoms with Crippen LogP contribution in [0.15, 0.2) is 24.3 Å². The number of aryl methyl sites for hydroxylation is 1. The highest BCUT2D eigenvalue weighted by atomic mass is 16.2. The van der Waals surface area contributed by atoms with Crippen molar-refractivity contribution in [2.45, 2.75) is 53.0 Å². The van der Waals surface area contributed by atoms with Gasteiger partial charge in [0.2, 0.25) is 5.82 Å². The van der Waals surface area contributed by atoms with Crippen LogP contribution in [-0.4, -0.2) is 44.7 Å². The number of nitrogens with two attached hydrogens (primary N) is 1. The Morgan fingerprint density at radius 2 is 2.00 bits per heavy atom. The predicted molar refractivity (Wildman–Crippen MR) is 102 cm³/mol. The van der Waals surface area contributed by atoms with Crippen LogP contribution in [0, 0.1) is 12.3 Å². The first-order valence-electron chi connectivity index (χ1n) is 9.28. The van der Waals surface area contributed by atoms with E-state index in [2.05, 4.69) is 43.8 Å². The van der Waals surface area contributed by atoms with Gasteiger partial charge in [0.15, 0.2) is 0 Å². The van der Waals surface area contributed by atoms with Crippen molar-refractivity contribution in [2.24, 2.45) is 11.1 Å². The third kappa shape index (κ3) is 3.38. The monoisotopic (exact) mass is 355 g/mol. The highest BCUT2D eigenvalue weighted by molar-refractivity contribution is 5.90. The third-order valence-electron chi connectivity index (χ3n) is 5.35. The molecule has 1 aromatic heterocycles. The van der Waals surface area contributed by atoms with Crippen LogP contribution in [0.25, 0.3) is 5.69 Å². The number of nitrogens with zero attached hydrogens (tertiary/aromatic N) is 4. The van der Waals surface area contributed by atoms with Gasteiger partial charge in [0.25, 0.3) is 5.91 Å². The molecule has 6 heteroatoms. The van der Waals surface area contributed by atoms with E-state index in [9.17, 15) is 4.79 Å². The van der Waals surface area contributed by atoms with Gasteiger partial charge in [0, 0.05) is 19.1 Å². The molecular formula is C20H29N5O. The predicted octanol–water partition coefficient (Wildman–Crippen LogP) is 2.90. The molecule has 1 saturated heterocycles. The smallest absolute Gasteiger partial charge is 0.293 e. The largest absolute Gasteiger partial charge is 0.335 e. The maximum Gasteiger partial charge on any atom is 0.293 e. The number of rotatable bonds is 3. The second-order valence-corrected chi connectivity index (χ2v) is 8.22. The zero-order valence-electron chi connectivity index (χ0n) is 16.4. The molecule has 1 unspecified atom stereocenters. The van der Waals surface area contributed by atoms with Crippen LogP contribution < -0.4 is 5.73 Å². The molecule has 6 nitrogen and oxygen atoms in total. The van der Waals surface area contributed by atoms with Gasteiger partial charge in [0.1, 0.15) is 5.82 Å². The number of hydrogen-bond donors (Lipinski definition) is 1. The molecule has 0 bridgehead atoms. The van der Waals surface area contributed by atoms with Gasteiger partial charge in [-0.05, 0) is 36.3 Å². The Labute approximate surface area is 155 Å². The summed E-state index contributed by atoms with van der Waals surface area (Å²) in [6, 6.07) is 8.23. The Kier molecular flexibility index (Phi) is 4.88. The summed E-state index contributed by atoms with van der Waals surface area (Å²) in [5.74, 6) is 1.22. The van der Waals surface area contributed by atoms with Gasteiger partial charge in [0.05, 0.1) is 5.69 Å². The normalized spacial score (nSPS) is 19.8. The lowest BCUT2D eigenvalue weighted by molar-refractivity contribution is 0.0521. The Bertz CT molecular complexity index is 808. The van der Waals surface area contributed by atoms with Crippen molar-refractivity contribution in [3.8, 4) is 5.69 Å². The molecule has 1 atom stereocenters. The van der Waals surface area contributed by atoms with Crippen LogP contribution in [0.5, 0.6) is 0 Å². The summed E-state index contributed by atoms with van der Waals surface area (Å²) in [4.78, 5) is 19.2. The van der Waals surface area contributed by atoms with Crippen LogP contribution in [0.4, 0.5) is 0 Å². The lowest BCUT2D eigenvalue weighted by Gasteiger charge is -2.42. The fraction of sp³-hybridized carbons (Fsp3) is 0.550. The van der Waals surface area contributed by atoms with E-state index < -0.39 is 0 Å². The second kappa shape index (κ2) is 6.83. The van der Waals surface area contributed by atoms with E-state index in [1.165, 1.54) is 5.56 Å². The standard InChI is InChI=1S/C20H29N5O/c1-13(2)15-8-6-7-9-16(15)25-14(3)22-18(23-25)19(26)24-11-10-17(21)20(4,5)12-24/h6-9,13,17H,10-12,21H2,1-5H3. The van der Waals surface area contributed by atoms with Gasteiger partial charge in [-0.15, -0.1) is 5.10 Å². The summed E-state index contributed by atoms with van der Waals surface area (Å²) >= 11 is 0. The average Bonchev–Trinajstić information content (AvgIpc) is 2.98. The van der Waals surface area contributed by atoms with Crippen LogP contribution in [0.3, 0.4) is 0 Å². The summed E-state index contributed by atoms with van der Waals surface area (Å²) in [5, 5.41) is 4.55. The average molecular weight is 355 g/mol. The minimum absolute atomic E-state index is 0.101. The van der Waals surface area contributed by atoms with Crippen molar-refractivity contribution in [3.05, 3.63) is 41.5 Å². The Hall–Kier alpha value is -2.21. The summed E-state index contributed by atoms with van der Waals surface area (Å²) in [6.45, 7) is 11.7. The number of piperidine rings is 1. The van der Waals surface area contributed by atoms with Gasteiger partial charge < -0.3 is 10.6 Å². The molecule has 1 aliphatic rings. The fourth-order valence-corrected chi connectivity index (χ4v) is 3.57. The molecule has 0 saturated carbocycles. The molecule has 2 aromatic rings. The number of hydrogen-bond acceptors (Lipinski definition) is 4. The zero-order valence-corrected chi connectivity index (χ0v) is 16.4. The molecule has 1 amide bonds. The number of aromatic nitrogens is 3. The number of likely N-dealkylation sites (tertiary alicyclic amines) is 1. The molecule has 140 valence electrons. The van der Waals surface area contributed by atoms with Crippen molar-refractivity contribution < 1.29 is 4.79 Å². The molecule has 0 radical (unpaired) electrons. The van der Waals surface area contributed by atoms with Crippen molar-refractivity contribution >= 4 is 5.91 Å². The second-order valence-electron chi connectivity index (χ2n) is 8.22. The minimum Gasteiger partial charge on any atom is -0.335 e. The van der Waals surface area contributed by atoms with Gasteiger partial charge in [-0.2, -0.15) is 0 Å². The van der Waals surface area contributed by atoms with Crippen molar-refractivity contribution in [3.63, 3.8) is 0 Å². The maximum atomic E-state index is 13.0. The highest BCUT2D eigenvalue weighted by Gasteiger charge is 2.36. The lowest BCUT2D eigenvalue weighted by atomic mass is 9.79. The van der Waals surface area contributed by atoms with E-state index in [0.29, 0.717) is 19.0 Å². The first-order chi connectivity index (χ1) is 12.2. The maximum absolute atomic E-state index is 13.0. The van der Waals surface area contributed by atoms with Gasteiger partial charge in [-0.1, -0.05) is 45.9 Å².